The third kappa shape index (κ3) is 3.82. The number of hydrogen-bond donors (Lipinski definition) is 2. The fourth-order valence-electron chi connectivity index (χ4n) is 2.79. The van der Waals surface area contributed by atoms with E-state index in [0.29, 0.717) is 5.69 Å². The topological polar surface area (TPSA) is 84.2 Å². The lowest BCUT2D eigenvalue weighted by molar-refractivity contribution is -0.142. The van der Waals surface area contributed by atoms with Crippen molar-refractivity contribution >= 4 is 23.5 Å². The van der Waals surface area contributed by atoms with Crippen molar-refractivity contribution in [1.82, 2.24) is 15.1 Å². The number of amides is 1. The second-order valence-corrected chi connectivity index (χ2v) is 6.29. The Morgan fingerprint density at radius 2 is 2.00 bits per heavy atom. The second-order valence-electron chi connectivity index (χ2n) is 5.88. The molecular formula is C17H19ClFN3O3. The normalized spacial score (nSPS) is 13.4. The van der Waals surface area contributed by atoms with E-state index in [1.54, 1.807) is 25.6 Å². The zero-order chi connectivity index (χ0) is 18.9. The summed E-state index contributed by atoms with van der Waals surface area (Å²) in [5.74, 6) is -3.12. The molecule has 2 aromatic rings. The van der Waals surface area contributed by atoms with E-state index in [-0.39, 0.29) is 10.6 Å². The molecule has 0 radical (unpaired) electrons. The SMILES string of the molecule is Cc1nn(C)c(C)c1C(C)C(=O)NC(C(=O)O)c1ccc(Cl)c(F)c1. The third-order valence-corrected chi connectivity index (χ3v) is 4.51. The van der Waals surface area contributed by atoms with Crippen molar-refractivity contribution in [3.63, 3.8) is 0 Å². The van der Waals surface area contributed by atoms with Gasteiger partial charge in [0.25, 0.3) is 0 Å². The molecule has 2 N–H and O–H groups in total. The zero-order valence-electron chi connectivity index (χ0n) is 14.3. The Labute approximate surface area is 149 Å². The molecule has 2 atom stereocenters. The van der Waals surface area contributed by atoms with Crippen molar-refractivity contribution in [3.05, 3.63) is 51.6 Å². The average Bonchev–Trinajstić information content (AvgIpc) is 2.79. The smallest absolute Gasteiger partial charge is 0.330 e. The van der Waals surface area contributed by atoms with Gasteiger partial charge in [-0.1, -0.05) is 17.7 Å². The van der Waals surface area contributed by atoms with Crippen LogP contribution in [0.1, 0.15) is 41.4 Å². The number of benzene rings is 1. The highest BCUT2D eigenvalue weighted by Crippen LogP contribution is 2.25. The largest absolute Gasteiger partial charge is 0.479 e. The number of halogens is 2. The van der Waals surface area contributed by atoms with Gasteiger partial charge in [-0.05, 0) is 38.5 Å². The molecule has 0 aliphatic rings. The van der Waals surface area contributed by atoms with Crippen LogP contribution in [0.15, 0.2) is 18.2 Å². The van der Waals surface area contributed by atoms with E-state index in [2.05, 4.69) is 10.4 Å². The minimum Gasteiger partial charge on any atom is -0.479 e. The lowest BCUT2D eigenvalue weighted by Crippen LogP contribution is -2.36. The zero-order valence-corrected chi connectivity index (χ0v) is 15.1. The van der Waals surface area contributed by atoms with Gasteiger partial charge in [0.2, 0.25) is 5.91 Å². The fraction of sp³-hybridized carbons (Fsp3) is 0.353. The number of aliphatic carboxylic acids is 1. The number of carbonyl (C=O) groups excluding carboxylic acids is 1. The van der Waals surface area contributed by atoms with Gasteiger partial charge in [-0.25, -0.2) is 9.18 Å². The van der Waals surface area contributed by atoms with Crippen molar-refractivity contribution in [2.45, 2.75) is 32.7 Å². The van der Waals surface area contributed by atoms with Gasteiger partial charge in [0.1, 0.15) is 5.82 Å². The summed E-state index contributed by atoms with van der Waals surface area (Å²) in [5.41, 5.74) is 2.37. The standard InChI is InChI=1S/C17H19ClFN3O3/c1-8(14-9(2)21-22(4)10(14)3)16(23)20-15(17(24)25)11-5-6-12(18)13(19)7-11/h5-8,15H,1-4H3,(H,20,23)(H,24,25). The van der Waals surface area contributed by atoms with Crippen molar-refractivity contribution in [1.29, 1.82) is 0 Å². The van der Waals surface area contributed by atoms with E-state index in [0.717, 1.165) is 17.3 Å². The van der Waals surface area contributed by atoms with Crippen LogP contribution in [-0.4, -0.2) is 26.8 Å². The van der Waals surface area contributed by atoms with Crippen LogP contribution in [0.4, 0.5) is 4.39 Å². The number of nitrogens with zero attached hydrogens (tertiary/aromatic N) is 2. The maximum Gasteiger partial charge on any atom is 0.330 e. The first kappa shape index (κ1) is 18.9. The summed E-state index contributed by atoms with van der Waals surface area (Å²) in [4.78, 5) is 24.1. The lowest BCUT2D eigenvalue weighted by atomic mass is 9.97. The summed E-state index contributed by atoms with van der Waals surface area (Å²) in [6.07, 6.45) is 0. The molecule has 0 bridgehead atoms. The average molecular weight is 368 g/mol. The monoisotopic (exact) mass is 367 g/mol. The summed E-state index contributed by atoms with van der Waals surface area (Å²) >= 11 is 5.62. The molecule has 0 aliphatic carbocycles. The van der Waals surface area contributed by atoms with Crippen LogP contribution in [0.2, 0.25) is 5.02 Å². The van der Waals surface area contributed by atoms with E-state index in [1.165, 1.54) is 12.1 Å². The number of carboxylic acids is 1. The first-order chi connectivity index (χ1) is 11.6. The Morgan fingerprint density at radius 3 is 2.48 bits per heavy atom. The van der Waals surface area contributed by atoms with Crippen LogP contribution in [-0.2, 0) is 16.6 Å². The van der Waals surface area contributed by atoms with Crippen LogP contribution in [0.5, 0.6) is 0 Å². The molecule has 2 unspecified atom stereocenters. The van der Waals surface area contributed by atoms with Crippen molar-refractivity contribution in [3.8, 4) is 0 Å². The minimum atomic E-state index is -1.38. The van der Waals surface area contributed by atoms with Crippen LogP contribution >= 0.6 is 11.6 Å². The predicted octanol–water partition coefficient (Wildman–Crippen LogP) is 2.88. The highest BCUT2D eigenvalue weighted by molar-refractivity contribution is 6.30. The number of carboxylic acid groups (broad SMARTS) is 1. The molecule has 1 aromatic carbocycles. The van der Waals surface area contributed by atoms with Crippen molar-refractivity contribution in [2.24, 2.45) is 7.05 Å². The molecule has 1 heterocycles. The second kappa shape index (κ2) is 7.23. The summed E-state index contributed by atoms with van der Waals surface area (Å²) in [6.45, 7) is 5.30. The quantitative estimate of drug-likeness (QED) is 0.851. The molecule has 134 valence electrons. The van der Waals surface area contributed by atoms with Crippen LogP contribution < -0.4 is 5.32 Å². The van der Waals surface area contributed by atoms with Crippen LogP contribution in [0, 0.1) is 19.7 Å². The molecule has 0 aliphatic heterocycles. The number of hydrogen-bond acceptors (Lipinski definition) is 3. The van der Waals surface area contributed by atoms with Crippen molar-refractivity contribution in [2.75, 3.05) is 0 Å². The summed E-state index contributed by atoms with van der Waals surface area (Å²) < 4.78 is 15.3. The van der Waals surface area contributed by atoms with Gasteiger partial charge in [0.15, 0.2) is 6.04 Å². The first-order valence-corrected chi connectivity index (χ1v) is 7.99. The van der Waals surface area contributed by atoms with Gasteiger partial charge in [-0.15, -0.1) is 0 Å². The molecular weight excluding hydrogens is 349 g/mol. The van der Waals surface area contributed by atoms with E-state index >= 15 is 0 Å². The molecule has 6 nitrogen and oxygen atoms in total. The molecule has 8 heteroatoms. The number of aromatic nitrogens is 2. The van der Waals surface area contributed by atoms with E-state index in [4.69, 9.17) is 11.6 Å². The van der Waals surface area contributed by atoms with E-state index in [9.17, 15) is 19.1 Å². The molecule has 25 heavy (non-hydrogen) atoms. The van der Waals surface area contributed by atoms with Gasteiger partial charge in [-0.3, -0.25) is 9.48 Å². The van der Waals surface area contributed by atoms with Gasteiger partial charge in [-0.2, -0.15) is 5.10 Å². The number of nitrogens with one attached hydrogen (secondary N) is 1. The molecule has 2 rings (SSSR count). The molecule has 1 aromatic heterocycles. The lowest BCUT2D eigenvalue weighted by Gasteiger charge is -2.19. The van der Waals surface area contributed by atoms with Crippen molar-refractivity contribution < 1.29 is 19.1 Å². The summed E-state index contributed by atoms with van der Waals surface area (Å²) in [5, 5.41) is 16.0. The molecule has 0 saturated heterocycles. The van der Waals surface area contributed by atoms with Gasteiger partial charge in [0.05, 0.1) is 16.6 Å². The molecule has 0 fully saturated rings. The van der Waals surface area contributed by atoms with Crippen LogP contribution in [0.3, 0.4) is 0 Å². The summed E-state index contributed by atoms with van der Waals surface area (Å²) in [7, 11) is 1.77. The van der Waals surface area contributed by atoms with E-state index < -0.39 is 29.7 Å². The highest BCUT2D eigenvalue weighted by atomic mass is 35.5. The predicted molar refractivity (Wildman–Crippen MR) is 91.0 cm³/mol. The Hall–Kier alpha value is -2.41. The van der Waals surface area contributed by atoms with Crippen LogP contribution in [0.25, 0.3) is 0 Å². The number of carbonyl (C=O) groups is 2. The van der Waals surface area contributed by atoms with E-state index in [1.807, 2.05) is 6.92 Å². The molecule has 1 amide bonds. The van der Waals surface area contributed by atoms with Gasteiger partial charge >= 0.3 is 5.97 Å². The van der Waals surface area contributed by atoms with Gasteiger partial charge in [0, 0.05) is 18.3 Å². The Morgan fingerprint density at radius 1 is 1.36 bits per heavy atom. The Balaban J connectivity index is 2.28. The first-order valence-electron chi connectivity index (χ1n) is 7.61. The highest BCUT2D eigenvalue weighted by Gasteiger charge is 2.28. The molecule has 0 spiro atoms. The maximum absolute atomic E-state index is 13.6. The van der Waals surface area contributed by atoms with Gasteiger partial charge < -0.3 is 10.4 Å². The Kier molecular flexibility index (Phi) is 5.47. The maximum atomic E-state index is 13.6. The fourth-order valence-corrected chi connectivity index (χ4v) is 2.91. The third-order valence-electron chi connectivity index (χ3n) is 4.20. The minimum absolute atomic E-state index is 0.106. The molecule has 0 saturated carbocycles. The number of aryl methyl sites for hydroxylation is 2. The number of rotatable bonds is 5. The Bertz CT molecular complexity index is 835. The summed E-state index contributed by atoms with van der Waals surface area (Å²) in [6, 6.07) is 2.26.